The molecule has 6 nitrogen and oxygen atoms in total. The Balaban J connectivity index is 1.74. The zero-order valence-corrected chi connectivity index (χ0v) is 16.7. The molecule has 0 spiro atoms. The summed E-state index contributed by atoms with van der Waals surface area (Å²) in [6, 6.07) is 12.9. The maximum absolute atomic E-state index is 12.8. The molecular weight excluding hydrogens is 368 g/mol. The molecule has 0 atom stereocenters. The molecule has 2 aromatic carbocycles. The first-order valence-corrected chi connectivity index (χ1v) is 9.84. The first kappa shape index (κ1) is 20.6. The fraction of sp³-hybridized carbons (Fsp3) is 0.348. The Morgan fingerprint density at radius 3 is 2.00 bits per heavy atom. The molecule has 0 saturated heterocycles. The van der Waals surface area contributed by atoms with Gasteiger partial charge in [0.05, 0.1) is 5.41 Å². The van der Waals surface area contributed by atoms with E-state index in [-0.39, 0.29) is 18.2 Å². The van der Waals surface area contributed by atoms with Gasteiger partial charge in [-0.3, -0.25) is 14.4 Å². The number of anilines is 2. The van der Waals surface area contributed by atoms with Crippen molar-refractivity contribution in [3.05, 3.63) is 59.2 Å². The van der Waals surface area contributed by atoms with Crippen molar-refractivity contribution in [3.8, 4) is 0 Å². The van der Waals surface area contributed by atoms with E-state index in [0.717, 1.165) is 23.1 Å². The fourth-order valence-corrected chi connectivity index (χ4v) is 3.89. The lowest BCUT2D eigenvalue weighted by molar-refractivity contribution is -0.150. The third kappa shape index (κ3) is 4.47. The summed E-state index contributed by atoms with van der Waals surface area (Å²) in [5.41, 5.74) is 2.79. The minimum Gasteiger partial charge on any atom is -0.481 e. The summed E-state index contributed by atoms with van der Waals surface area (Å²) in [5.74, 6) is -1.38. The highest BCUT2D eigenvalue weighted by molar-refractivity contribution is 5.97. The molecule has 2 aromatic rings. The number of fused-ring (bicyclic) bond motifs is 1. The van der Waals surface area contributed by atoms with Gasteiger partial charge in [-0.15, -0.1) is 0 Å². The molecule has 0 aromatic heterocycles. The van der Waals surface area contributed by atoms with E-state index in [1.54, 1.807) is 18.2 Å². The van der Waals surface area contributed by atoms with Crippen LogP contribution < -0.4 is 10.6 Å². The van der Waals surface area contributed by atoms with Gasteiger partial charge in [0.15, 0.2) is 0 Å². The van der Waals surface area contributed by atoms with Gasteiger partial charge in [-0.05, 0) is 55.0 Å². The van der Waals surface area contributed by atoms with Crippen LogP contribution in [0.3, 0.4) is 0 Å². The molecule has 3 rings (SSSR count). The van der Waals surface area contributed by atoms with Crippen LogP contribution in [-0.2, 0) is 27.2 Å². The summed E-state index contributed by atoms with van der Waals surface area (Å²) in [7, 11) is 0. The Morgan fingerprint density at radius 2 is 1.48 bits per heavy atom. The lowest BCUT2D eigenvalue weighted by Gasteiger charge is -2.23. The van der Waals surface area contributed by atoms with E-state index in [0.29, 0.717) is 30.6 Å². The van der Waals surface area contributed by atoms with Crippen molar-refractivity contribution in [2.45, 2.75) is 46.0 Å². The maximum Gasteiger partial charge on any atom is 0.310 e. The average Bonchev–Trinajstić information content (AvgIpc) is 3.04. The van der Waals surface area contributed by atoms with Crippen LogP contribution in [0.1, 0.15) is 42.9 Å². The van der Waals surface area contributed by atoms with Gasteiger partial charge in [0, 0.05) is 24.2 Å². The number of rotatable bonds is 7. The standard InChI is InChI=1S/C23H26N2O4/c1-3-7-20(26)24-18-10-6-11-19(15(18)2)25-21(27)14-23(22(28)29)12-16-8-4-5-9-17(16)13-23/h4-6,8-11H,3,7,12-14H2,1-2H3,(H,24,26)(H,25,27)(H,28,29). The van der Waals surface area contributed by atoms with E-state index < -0.39 is 11.4 Å². The van der Waals surface area contributed by atoms with Crippen molar-refractivity contribution < 1.29 is 19.5 Å². The van der Waals surface area contributed by atoms with Crippen LogP contribution in [0.4, 0.5) is 11.4 Å². The second-order valence-electron chi connectivity index (χ2n) is 7.71. The Morgan fingerprint density at radius 1 is 0.931 bits per heavy atom. The first-order valence-electron chi connectivity index (χ1n) is 9.84. The van der Waals surface area contributed by atoms with E-state index >= 15 is 0 Å². The van der Waals surface area contributed by atoms with Gasteiger partial charge < -0.3 is 15.7 Å². The van der Waals surface area contributed by atoms with Gasteiger partial charge in [-0.2, -0.15) is 0 Å². The zero-order chi connectivity index (χ0) is 21.0. The van der Waals surface area contributed by atoms with E-state index in [1.165, 1.54) is 0 Å². The third-order valence-corrected chi connectivity index (χ3v) is 5.49. The quantitative estimate of drug-likeness (QED) is 0.663. The summed E-state index contributed by atoms with van der Waals surface area (Å²) in [6.45, 7) is 3.75. The maximum atomic E-state index is 12.8. The normalized spacial score (nSPS) is 14.1. The van der Waals surface area contributed by atoms with Crippen LogP contribution in [0.2, 0.25) is 0 Å². The topological polar surface area (TPSA) is 95.5 Å². The second kappa shape index (κ2) is 8.47. The predicted octanol–water partition coefficient (Wildman–Crippen LogP) is 3.93. The summed E-state index contributed by atoms with van der Waals surface area (Å²) in [4.78, 5) is 36.7. The summed E-state index contributed by atoms with van der Waals surface area (Å²) < 4.78 is 0. The number of hydrogen-bond donors (Lipinski definition) is 3. The Labute approximate surface area is 170 Å². The fourth-order valence-electron chi connectivity index (χ4n) is 3.89. The van der Waals surface area contributed by atoms with Crippen LogP contribution >= 0.6 is 0 Å². The van der Waals surface area contributed by atoms with Crippen molar-refractivity contribution in [2.24, 2.45) is 5.41 Å². The Bertz CT molecular complexity index is 927. The number of aliphatic carboxylic acids is 1. The Hall–Kier alpha value is -3.15. The molecule has 6 heteroatoms. The highest BCUT2D eigenvalue weighted by Gasteiger charge is 2.45. The highest BCUT2D eigenvalue weighted by atomic mass is 16.4. The first-order chi connectivity index (χ1) is 13.8. The molecule has 0 bridgehead atoms. The molecule has 0 fully saturated rings. The van der Waals surface area contributed by atoms with Crippen molar-refractivity contribution >= 4 is 29.2 Å². The van der Waals surface area contributed by atoms with E-state index in [9.17, 15) is 19.5 Å². The molecule has 1 aliphatic carbocycles. The molecule has 2 amide bonds. The smallest absolute Gasteiger partial charge is 0.310 e. The SMILES string of the molecule is CCCC(=O)Nc1cccc(NC(=O)CC2(C(=O)O)Cc3ccccc3C2)c1C. The van der Waals surface area contributed by atoms with Crippen LogP contribution in [0.25, 0.3) is 0 Å². The van der Waals surface area contributed by atoms with Crippen molar-refractivity contribution in [1.29, 1.82) is 0 Å². The van der Waals surface area contributed by atoms with Crippen molar-refractivity contribution in [3.63, 3.8) is 0 Å². The molecule has 0 radical (unpaired) electrons. The van der Waals surface area contributed by atoms with Crippen LogP contribution in [0.15, 0.2) is 42.5 Å². The van der Waals surface area contributed by atoms with Crippen LogP contribution in [0, 0.1) is 12.3 Å². The molecule has 152 valence electrons. The average molecular weight is 394 g/mol. The number of hydrogen-bond acceptors (Lipinski definition) is 3. The van der Waals surface area contributed by atoms with Gasteiger partial charge in [0.2, 0.25) is 11.8 Å². The van der Waals surface area contributed by atoms with Crippen molar-refractivity contribution in [1.82, 2.24) is 0 Å². The van der Waals surface area contributed by atoms with E-state index in [1.807, 2.05) is 38.1 Å². The molecule has 1 aliphatic rings. The number of amides is 2. The highest BCUT2D eigenvalue weighted by Crippen LogP contribution is 2.40. The molecule has 0 aliphatic heterocycles. The minimum atomic E-state index is -1.13. The molecular formula is C23H26N2O4. The second-order valence-corrected chi connectivity index (χ2v) is 7.71. The molecule has 3 N–H and O–H groups in total. The number of carboxylic acids is 1. The third-order valence-electron chi connectivity index (χ3n) is 5.49. The Kier molecular flexibility index (Phi) is 6.01. The lowest BCUT2D eigenvalue weighted by atomic mass is 9.81. The molecule has 0 saturated carbocycles. The predicted molar refractivity (Wildman–Crippen MR) is 112 cm³/mol. The van der Waals surface area contributed by atoms with E-state index in [2.05, 4.69) is 10.6 Å². The molecule has 0 heterocycles. The zero-order valence-electron chi connectivity index (χ0n) is 16.7. The van der Waals surface area contributed by atoms with Gasteiger partial charge in [0.25, 0.3) is 0 Å². The molecule has 0 unspecified atom stereocenters. The van der Waals surface area contributed by atoms with Gasteiger partial charge >= 0.3 is 5.97 Å². The summed E-state index contributed by atoms with van der Waals surface area (Å²) in [6.07, 6.45) is 1.76. The van der Waals surface area contributed by atoms with Gasteiger partial charge in [-0.25, -0.2) is 0 Å². The number of nitrogens with one attached hydrogen (secondary N) is 2. The summed E-state index contributed by atoms with van der Waals surface area (Å²) in [5, 5.41) is 15.6. The largest absolute Gasteiger partial charge is 0.481 e. The van der Waals surface area contributed by atoms with Crippen LogP contribution in [-0.4, -0.2) is 22.9 Å². The number of carbonyl (C=O) groups excluding carboxylic acids is 2. The minimum absolute atomic E-state index is 0.0763. The molecule has 29 heavy (non-hydrogen) atoms. The van der Waals surface area contributed by atoms with Gasteiger partial charge in [0.1, 0.15) is 0 Å². The lowest BCUT2D eigenvalue weighted by Crippen LogP contribution is -2.36. The number of benzene rings is 2. The number of carbonyl (C=O) groups is 3. The van der Waals surface area contributed by atoms with E-state index in [4.69, 9.17) is 0 Å². The monoisotopic (exact) mass is 394 g/mol. The number of carboxylic acid groups (broad SMARTS) is 1. The van der Waals surface area contributed by atoms with Crippen LogP contribution in [0.5, 0.6) is 0 Å². The van der Waals surface area contributed by atoms with Crippen molar-refractivity contribution in [2.75, 3.05) is 10.6 Å². The summed E-state index contributed by atoms with van der Waals surface area (Å²) >= 11 is 0. The van der Waals surface area contributed by atoms with Gasteiger partial charge in [-0.1, -0.05) is 37.3 Å².